The molecule has 1 N–H and O–H groups in total. The Labute approximate surface area is 98.0 Å². The van der Waals surface area contributed by atoms with Gasteiger partial charge in [0, 0.05) is 18.2 Å². The summed E-state index contributed by atoms with van der Waals surface area (Å²) in [5.74, 6) is 0.500. The van der Waals surface area contributed by atoms with E-state index in [0.717, 1.165) is 0 Å². The number of nitrogens with one attached hydrogen (secondary N) is 1. The van der Waals surface area contributed by atoms with E-state index in [9.17, 15) is 4.79 Å². The van der Waals surface area contributed by atoms with Gasteiger partial charge < -0.3 is 9.73 Å². The number of furan rings is 1. The van der Waals surface area contributed by atoms with Crippen molar-refractivity contribution in [2.24, 2.45) is 0 Å². The molecule has 2 aromatic rings. The number of amides is 1. The van der Waals surface area contributed by atoms with Gasteiger partial charge in [0.15, 0.2) is 0 Å². The standard InChI is InChI=1S/C12H10ClNO2/c1-14-12(15)8-4-5-10(13)9(7-8)11-3-2-6-16-11/h2-7H,1H3,(H,14,15). The zero-order valence-electron chi connectivity index (χ0n) is 8.66. The van der Waals surface area contributed by atoms with Crippen molar-refractivity contribution in [1.29, 1.82) is 0 Å². The van der Waals surface area contributed by atoms with Gasteiger partial charge in [-0.15, -0.1) is 0 Å². The topological polar surface area (TPSA) is 42.2 Å². The van der Waals surface area contributed by atoms with Crippen LogP contribution in [0.3, 0.4) is 0 Å². The van der Waals surface area contributed by atoms with Crippen LogP contribution in [0.4, 0.5) is 0 Å². The van der Waals surface area contributed by atoms with Gasteiger partial charge in [0.05, 0.1) is 11.3 Å². The number of carbonyl (C=O) groups is 1. The minimum Gasteiger partial charge on any atom is -0.464 e. The van der Waals surface area contributed by atoms with E-state index in [1.807, 2.05) is 0 Å². The fraction of sp³-hybridized carbons (Fsp3) is 0.0833. The molecule has 3 nitrogen and oxygen atoms in total. The number of hydrogen-bond acceptors (Lipinski definition) is 2. The SMILES string of the molecule is CNC(=O)c1ccc(Cl)c(-c2ccco2)c1. The van der Waals surface area contributed by atoms with Gasteiger partial charge in [-0.05, 0) is 30.3 Å². The Kier molecular flexibility index (Phi) is 2.97. The number of rotatable bonds is 2. The third kappa shape index (κ3) is 1.95. The highest BCUT2D eigenvalue weighted by atomic mass is 35.5. The van der Waals surface area contributed by atoms with E-state index < -0.39 is 0 Å². The summed E-state index contributed by atoms with van der Waals surface area (Å²) in [6.07, 6.45) is 1.57. The van der Waals surface area contributed by atoms with Crippen LogP contribution in [0.25, 0.3) is 11.3 Å². The normalized spacial score (nSPS) is 10.1. The third-order valence-electron chi connectivity index (χ3n) is 2.24. The molecule has 0 saturated heterocycles. The lowest BCUT2D eigenvalue weighted by Gasteiger charge is -2.04. The van der Waals surface area contributed by atoms with Crippen molar-refractivity contribution in [3.8, 4) is 11.3 Å². The highest BCUT2D eigenvalue weighted by molar-refractivity contribution is 6.33. The van der Waals surface area contributed by atoms with Crippen LogP contribution < -0.4 is 5.32 Å². The molecule has 0 atom stereocenters. The van der Waals surface area contributed by atoms with Crippen LogP contribution in [-0.2, 0) is 0 Å². The zero-order valence-corrected chi connectivity index (χ0v) is 9.41. The van der Waals surface area contributed by atoms with Gasteiger partial charge in [0.1, 0.15) is 5.76 Å². The van der Waals surface area contributed by atoms with Crippen molar-refractivity contribution in [3.63, 3.8) is 0 Å². The highest BCUT2D eigenvalue weighted by Gasteiger charge is 2.10. The van der Waals surface area contributed by atoms with Gasteiger partial charge in [0.25, 0.3) is 5.91 Å². The minimum absolute atomic E-state index is 0.149. The van der Waals surface area contributed by atoms with Crippen molar-refractivity contribution >= 4 is 17.5 Å². The van der Waals surface area contributed by atoms with E-state index in [-0.39, 0.29) is 5.91 Å². The Morgan fingerprint density at radius 2 is 2.19 bits per heavy atom. The summed E-state index contributed by atoms with van der Waals surface area (Å²) < 4.78 is 5.25. The third-order valence-corrected chi connectivity index (χ3v) is 2.57. The number of carbonyl (C=O) groups excluding carboxylic acids is 1. The molecule has 16 heavy (non-hydrogen) atoms. The van der Waals surface area contributed by atoms with Crippen LogP contribution >= 0.6 is 11.6 Å². The smallest absolute Gasteiger partial charge is 0.251 e. The number of halogens is 1. The van der Waals surface area contributed by atoms with Crippen molar-refractivity contribution in [1.82, 2.24) is 5.32 Å². The maximum Gasteiger partial charge on any atom is 0.251 e. The molecule has 0 radical (unpaired) electrons. The quantitative estimate of drug-likeness (QED) is 0.870. The van der Waals surface area contributed by atoms with Gasteiger partial charge in [-0.3, -0.25) is 4.79 Å². The van der Waals surface area contributed by atoms with Crippen molar-refractivity contribution in [2.75, 3.05) is 7.05 Å². The molecular weight excluding hydrogens is 226 g/mol. The van der Waals surface area contributed by atoms with Crippen LogP contribution in [0, 0.1) is 0 Å². The zero-order chi connectivity index (χ0) is 11.5. The summed E-state index contributed by atoms with van der Waals surface area (Å²) in [5, 5.41) is 3.12. The van der Waals surface area contributed by atoms with Crippen LogP contribution in [0.1, 0.15) is 10.4 Å². The summed E-state index contributed by atoms with van der Waals surface area (Å²) in [5.41, 5.74) is 1.27. The molecule has 0 aliphatic heterocycles. The summed E-state index contributed by atoms with van der Waals surface area (Å²) in [6.45, 7) is 0. The molecule has 4 heteroatoms. The Bertz CT molecular complexity index is 506. The summed E-state index contributed by atoms with van der Waals surface area (Å²) >= 11 is 6.04. The minimum atomic E-state index is -0.149. The summed E-state index contributed by atoms with van der Waals surface area (Å²) in [4.78, 5) is 11.5. The van der Waals surface area contributed by atoms with Crippen LogP contribution in [-0.4, -0.2) is 13.0 Å². The maximum atomic E-state index is 11.5. The average molecular weight is 236 g/mol. The van der Waals surface area contributed by atoms with Crippen LogP contribution in [0.15, 0.2) is 41.0 Å². The molecule has 82 valence electrons. The largest absolute Gasteiger partial charge is 0.464 e. The summed E-state index contributed by atoms with van der Waals surface area (Å²) in [7, 11) is 1.59. The Hall–Kier alpha value is -1.74. The van der Waals surface area contributed by atoms with E-state index in [4.69, 9.17) is 16.0 Å². The van der Waals surface area contributed by atoms with E-state index in [0.29, 0.717) is 21.9 Å². The molecule has 1 aromatic heterocycles. The second-order valence-electron chi connectivity index (χ2n) is 3.25. The Morgan fingerprint density at radius 1 is 1.38 bits per heavy atom. The molecule has 0 saturated carbocycles. The molecule has 2 rings (SSSR count). The molecule has 1 amide bonds. The maximum absolute atomic E-state index is 11.5. The number of benzene rings is 1. The van der Waals surface area contributed by atoms with E-state index in [2.05, 4.69) is 5.32 Å². The Balaban J connectivity index is 2.49. The fourth-order valence-electron chi connectivity index (χ4n) is 1.43. The lowest BCUT2D eigenvalue weighted by molar-refractivity contribution is 0.0963. The first-order valence-electron chi connectivity index (χ1n) is 4.78. The van der Waals surface area contributed by atoms with Crippen LogP contribution in [0.5, 0.6) is 0 Å². The van der Waals surface area contributed by atoms with Crippen molar-refractivity contribution in [2.45, 2.75) is 0 Å². The lowest BCUT2D eigenvalue weighted by Crippen LogP contribution is -2.17. The second kappa shape index (κ2) is 4.41. The fourth-order valence-corrected chi connectivity index (χ4v) is 1.64. The average Bonchev–Trinajstić information content (AvgIpc) is 2.82. The van der Waals surface area contributed by atoms with Gasteiger partial charge >= 0.3 is 0 Å². The molecule has 0 spiro atoms. The van der Waals surface area contributed by atoms with Gasteiger partial charge in [-0.2, -0.15) is 0 Å². The molecule has 0 unspecified atom stereocenters. The molecular formula is C12H10ClNO2. The van der Waals surface area contributed by atoms with E-state index in [1.165, 1.54) is 0 Å². The molecule has 1 aromatic carbocycles. The molecule has 1 heterocycles. The first kappa shape index (κ1) is 10.8. The molecule has 0 aliphatic carbocycles. The first-order valence-corrected chi connectivity index (χ1v) is 5.15. The predicted octanol–water partition coefficient (Wildman–Crippen LogP) is 2.96. The lowest BCUT2D eigenvalue weighted by atomic mass is 10.1. The van der Waals surface area contributed by atoms with Crippen molar-refractivity contribution < 1.29 is 9.21 Å². The molecule has 0 fully saturated rings. The molecule has 0 bridgehead atoms. The van der Waals surface area contributed by atoms with Crippen molar-refractivity contribution in [3.05, 3.63) is 47.2 Å². The van der Waals surface area contributed by atoms with E-state index in [1.54, 1.807) is 43.6 Å². The molecule has 0 aliphatic rings. The predicted molar refractivity (Wildman–Crippen MR) is 62.5 cm³/mol. The van der Waals surface area contributed by atoms with Gasteiger partial charge in [-0.1, -0.05) is 11.6 Å². The highest BCUT2D eigenvalue weighted by Crippen LogP contribution is 2.29. The van der Waals surface area contributed by atoms with Gasteiger partial charge in [-0.25, -0.2) is 0 Å². The first-order chi connectivity index (χ1) is 7.72. The summed E-state index contributed by atoms with van der Waals surface area (Å²) in [6, 6.07) is 8.64. The monoisotopic (exact) mass is 235 g/mol. The van der Waals surface area contributed by atoms with Crippen LogP contribution in [0.2, 0.25) is 5.02 Å². The van der Waals surface area contributed by atoms with E-state index >= 15 is 0 Å². The Morgan fingerprint density at radius 3 is 2.81 bits per heavy atom. The number of hydrogen-bond donors (Lipinski definition) is 1. The second-order valence-corrected chi connectivity index (χ2v) is 3.66. The van der Waals surface area contributed by atoms with Gasteiger partial charge in [0.2, 0.25) is 0 Å².